The number of fused-ring (bicyclic) bond motifs is 1. The number of amides is 1. The third-order valence-electron chi connectivity index (χ3n) is 2.22. The van der Waals surface area contributed by atoms with E-state index in [1.807, 2.05) is 0 Å². The number of hydrogen-bond acceptors (Lipinski definition) is 5. The summed E-state index contributed by atoms with van der Waals surface area (Å²) in [6.07, 6.45) is 1.13. The van der Waals surface area contributed by atoms with E-state index in [1.54, 1.807) is 6.07 Å². The summed E-state index contributed by atoms with van der Waals surface area (Å²) in [5, 5.41) is 2.76. The molecule has 0 radical (unpaired) electrons. The molecule has 1 amide bonds. The van der Waals surface area contributed by atoms with Gasteiger partial charge in [-0.15, -0.1) is 0 Å². The van der Waals surface area contributed by atoms with E-state index in [0.29, 0.717) is 15.3 Å². The minimum absolute atomic E-state index is 0.203. The highest BCUT2D eigenvalue weighted by atomic mass is 35.5. The van der Waals surface area contributed by atoms with Gasteiger partial charge in [0.2, 0.25) is 0 Å². The zero-order valence-electron chi connectivity index (χ0n) is 9.55. The zero-order valence-corrected chi connectivity index (χ0v) is 12.7. The van der Waals surface area contributed by atoms with Crippen molar-refractivity contribution in [2.45, 2.75) is 9.73 Å². The molecule has 2 rings (SSSR count). The third-order valence-corrected chi connectivity index (χ3v) is 4.66. The van der Waals surface area contributed by atoms with Crippen LogP contribution >= 0.6 is 34.5 Å². The number of benzene rings is 1. The molecule has 1 aromatic carbocycles. The lowest BCUT2D eigenvalue weighted by molar-refractivity contribution is -0.114. The summed E-state index contributed by atoms with van der Waals surface area (Å²) in [6, 6.07) is 4.56. The number of thiazole rings is 1. The maximum atomic E-state index is 11.4. The van der Waals surface area contributed by atoms with Crippen molar-refractivity contribution in [3.8, 4) is 0 Å². The fraction of sp³-hybridized carbons (Fsp3) is 0.200. The lowest BCUT2D eigenvalue weighted by Gasteiger charge is -1.99. The van der Waals surface area contributed by atoms with Gasteiger partial charge >= 0.3 is 0 Å². The number of aromatic nitrogens is 1. The van der Waals surface area contributed by atoms with Crippen LogP contribution in [0.3, 0.4) is 0 Å². The van der Waals surface area contributed by atoms with E-state index in [0.717, 1.165) is 17.6 Å². The Balaban J connectivity index is 2.39. The normalized spacial score (nSPS) is 12.0. The standard InChI is InChI=1S/C10H8Cl2N2O3S2/c1-19(16,17)5-2-3-6-7(4-5)18-10(13-6)14-9(15)8(11)12/h2-4,8H,1H3,(H,13,14,15). The van der Waals surface area contributed by atoms with E-state index < -0.39 is 20.6 Å². The molecule has 1 heterocycles. The van der Waals surface area contributed by atoms with Crippen molar-refractivity contribution in [1.29, 1.82) is 0 Å². The maximum absolute atomic E-state index is 11.4. The number of sulfone groups is 1. The van der Waals surface area contributed by atoms with Crippen LogP contribution in [0.25, 0.3) is 10.2 Å². The second-order valence-electron chi connectivity index (χ2n) is 3.71. The molecule has 2 aromatic rings. The topological polar surface area (TPSA) is 76.1 Å². The van der Waals surface area contributed by atoms with Gasteiger partial charge in [0.15, 0.2) is 19.8 Å². The van der Waals surface area contributed by atoms with Gasteiger partial charge in [0.1, 0.15) is 0 Å². The average molecular weight is 339 g/mol. The zero-order chi connectivity index (χ0) is 14.2. The second kappa shape index (κ2) is 5.24. The van der Waals surface area contributed by atoms with Crippen LogP contribution in [0.15, 0.2) is 23.1 Å². The summed E-state index contributed by atoms with van der Waals surface area (Å²) in [5.41, 5.74) is 0.591. The predicted octanol–water partition coefficient (Wildman–Crippen LogP) is 2.44. The maximum Gasteiger partial charge on any atom is 0.259 e. The fourth-order valence-electron chi connectivity index (χ4n) is 1.35. The molecule has 0 bridgehead atoms. The molecule has 0 atom stereocenters. The second-order valence-corrected chi connectivity index (χ2v) is 7.85. The Kier molecular flexibility index (Phi) is 4.00. The lowest BCUT2D eigenvalue weighted by Crippen LogP contribution is -2.18. The van der Waals surface area contributed by atoms with Gasteiger partial charge in [0.05, 0.1) is 15.1 Å². The van der Waals surface area contributed by atoms with E-state index in [-0.39, 0.29) is 4.90 Å². The Morgan fingerprint density at radius 3 is 2.68 bits per heavy atom. The Labute approximate surface area is 123 Å². The predicted molar refractivity (Wildman–Crippen MR) is 76.9 cm³/mol. The molecule has 0 spiro atoms. The quantitative estimate of drug-likeness (QED) is 0.872. The van der Waals surface area contributed by atoms with Crippen molar-refractivity contribution in [1.82, 2.24) is 4.98 Å². The third kappa shape index (κ3) is 3.36. The molecule has 0 aliphatic heterocycles. The van der Waals surface area contributed by atoms with Gasteiger partial charge in [-0.25, -0.2) is 13.4 Å². The number of nitrogens with one attached hydrogen (secondary N) is 1. The monoisotopic (exact) mass is 338 g/mol. The summed E-state index contributed by atoms with van der Waals surface area (Å²) in [6.45, 7) is 0. The molecule has 0 aliphatic carbocycles. The van der Waals surface area contributed by atoms with E-state index in [4.69, 9.17) is 23.2 Å². The van der Waals surface area contributed by atoms with Crippen LogP contribution in [-0.2, 0) is 14.6 Å². The first-order valence-electron chi connectivity index (χ1n) is 4.97. The van der Waals surface area contributed by atoms with Gasteiger partial charge in [-0.2, -0.15) is 0 Å². The van der Waals surface area contributed by atoms with Crippen LogP contribution < -0.4 is 5.32 Å². The highest BCUT2D eigenvalue weighted by Gasteiger charge is 2.15. The number of rotatable bonds is 3. The molecule has 0 saturated heterocycles. The van der Waals surface area contributed by atoms with Crippen molar-refractivity contribution in [2.75, 3.05) is 11.6 Å². The van der Waals surface area contributed by atoms with Crippen molar-refractivity contribution < 1.29 is 13.2 Å². The number of carbonyl (C=O) groups is 1. The summed E-state index contributed by atoms with van der Waals surface area (Å²) in [5.74, 6) is -0.578. The molecular weight excluding hydrogens is 331 g/mol. The fourth-order valence-corrected chi connectivity index (χ4v) is 3.09. The van der Waals surface area contributed by atoms with Gasteiger partial charge in [-0.05, 0) is 18.2 Å². The smallest absolute Gasteiger partial charge is 0.259 e. The van der Waals surface area contributed by atoms with E-state index in [9.17, 15) is 13.2 Å². The van der Waals surface area contributed by atoms with Crippen LogP contribution in [0.5, 0.6) is 0 Å². The van der Waals surface area contributed by atoms with Gasteiger partial charge in [-0.3, -0.25) is 10.1 Å². The molecule has 9 heteroatoms. The van der Waals surface area contributed by atoms with Gasteiger partial charge < -0.3 is 0 Å². The summed E-state index contributed by atoms with van der Waals surface area (Å²) in [4.78, 5) is 14.5. The van der Waals surface area contributed by atoms with Gasteiger partial charge in [0, 0.05) is 6.26 Å². The molecule has 0 unspecified atom stereocenters. The van der Waals surface area contributed by atoms with E-state index in [1.165, 1.54) is 12.1 Å². The van der Waals surface area contributed by atoms with Crippen LogP contribution in [0, 0.1) is 0 Å². The first-order chi connectivity index (χ1) is 8.77. The molecular formula is C10H8Cl2N2O3S2. The number of alkyl halides is 2. The van der Waals surface area contributed by atoms with Crippen molar-refractivity contribution in [3.63, 3.8) is 0 Å². The van der Waals surface area contributed by atoms with Crippen LogP contribution in [-0.4, -0.2) is 30.4 Å². The van der Waals surface area contributed by atoms with Crippen LogP contribution in [0.2, 0.25) is 0 Å². The lowest BCUT2D eigenvalue weighted by atomic mass is 10.3. The minimum atomic E-state index is -3.27. The van der Waals surface area contributed by atoms with E-state index >= 15 is 0 Å². The van der Waals surface area contributed by atoms with E-state index in [2.05, 4.69) is 10.3 Å². The molecule has 19 heavy (non-hydrogen) atoms. The van der Waals surface area contributed by atoms with Crippen molar-refractivity contribution in [2.24, 2.45) is 0 Å². The van der Waals surface area contributed by atoms with Gasteiger partial charge in [-0.1, -0.05) is 34.5 Å². The first kappa shape index (κ1) is 14.5. The molecule has 1 aromatic heterocycles. The molecule has 5 nitrogen and oxygen atoms in total. The number of anilines is 1. The number of hydrogen-bond donors (Lipinski definition) is 1. The van der Waals surface area contributed by atoms with Crippen molar-refractivity contribution >= 4 is 65.6 Å². The molecule has 0 aliphatic rings. The Bertz CT molecular complexity index is 740. The largest absolute Gasteiger partial charge is 0.300 e. The van der Waals surface area contributed by atoms with Crippen LogP contribution in [0.1, 0.15) is 0 Å². The molecule has 0 saturated carbocycles. The average Bonchev–Trinajstić information content (AvgIpc) is 2.68. The Morgan fingerprint density at radius 2 is 2.11 bits per heavy atom. The minimum Gasteiger partial charge on any atom is -0.300 e. The molecule has 102 valence electrons. The number of halogens is 2. The molecule has 1 N–H and O–H groups in total. The molecule has 0 fully saturated rings. The highest BCUT2D eigenvalue weighted by molar-refractivity contribution is 7.90. The number of carbonyl (C=O) groups excluding carboxylic acids is 1. The van der Waals surface area contributed by atoms with Gasteiger partial charge in [0.25, 0.3) is 5.91 Å². The van der Waals surface area contributed by atoms with Crippen LogP contribution in [0.4, 0.5) is 5.13 Å². The summed E-state index contributed by atoms with van der Waals surface area (Å²) in [7, 11) is -3.27. The Hall–Kier alpha value is -0.890. The van der Waals surface area contributed by atoms with Crippen molar-refractivity contribution in [3.05, 3.63) is 18.2 Å². The Morgan fingerprint density at radius 1 is 1.42 bits per heavy atom. The highest BCUT2D eigenvalue weighted by Crippen LogP contribution is 2.28. The first-order valence-corrected chi connectivity index (χ1v) is 8.55. The number of nitrogens with zero attached hydrogens (tertiary/aromatic N) is 1. The summed E-state index contributed by atoms with van der Waals surface area (Å²) < 4.78 is 23.5. The SMILES string of the molecule is CS(=O)(=O)c1ccc2nc(NC(=O)C(Cl)Cl)sc2c1. The summed E-state index contributed by atoms with van der Waals surface area (Å²) >= 11 is 12.0.